The summed E-state index contributed by atoms with van der Waals surface area (Å²) in [5.74, 6) is 1.51. The number of anilines is 1. The van der Waals surface area contributed by atoms with Gasteiger partial charge in [0.1, 0.15) is 5.75 Å². The molecule has 2 aromatic carbocycles. The Morgan fingerprint density at radius 2 is 1.96 bits per heavy atom. The first-order valence-corrected chi connectivity index (χ1v) is 8.64. The fraction of sp³-hybridized carbons (Fsp3) is 0.105. The van der Waals surface area contributed by atoms with Crippen molar-refractivity contribution in [3.05, 3.63) is 75.7 Å². The summed E-state index contributed by atoms with van der Waals surface area (Å²) in [5, 5.41) is 6.68. The molecule has 0 saturated heterocycles. The molecule has 136 valence electrons. The minimum atomic E-state index is -0.238. The van der Waals surface area contributed by atoms with E-state index < -0.39 is 0 Å². The van der Waals surface area contributed by atoms with Gasteiger partial charge < -0.3 is 10.1 Å². The number of aromatic amines is 1. The topological polar surface area (TPSA) is 84.3 Å². The molecule has 27 heavy (non-hydrogen) atoms. The van der Waals surface area contributed by atoms with Gasteiger partial charge in [0.2, 0.25) is 0 Å². The van der Waals surface area contributed by atoms with E-state index in [-0.39, 0.29) is 5.56 Å². The van der Waals surface area contributed by atoms with Gasteiger partial charge in [0.05, 0.1) is 30.1 Å². The number of ether oxygens (including phenoxy) is 1. The Bertz CT molecular complexity index is 1150. The lowest BCUT2D eigenvalue weighted by Gasteiger charge is -2.12. The van der Waals surface area contributed by atoms with E-state index in [0.717, 1.165) is 5.56 Å². The molecule has 4 aromatic rings. The Balaban J connectivity index is 1.65. The predicted molar refractivity (Wildman–Crippen MR) is 104 cm³/mol. The van der Waals surface area contributed by atoms with Crippen molar-refractivity contribution in [1.29, 1.82) is 0 Å². The van der Waals surface area contributed by atoms with Crippen LogP contribution in [0.5, 0.6) is 5.75 Å². The first-order valence-electron chi connectivity index (χ1n) is 8.26. The number of para-hydroxylation sites is 1. The summed E-state index contributed by atoms with van der Waals surface area (Å²) in [4.78, 5) is 21.3. The lowest BCUT2D eigenvalue weighted by molar-refractivity contribution is 0.416. The maximum atomic E-state index is 12.4. The molecule has 2 heterocycles. The summed E-state index contributed by atoms with van der Waals surface area (Å²) in [7, 11) is 1.57. The molecule has 2 N–H and O–H groups in total. The third kappa shape index (κ3) is 3.37. The Kier molecular flexibility index (Phi) is 4.52. The molecule has 0 atom stereocenters. The summed E-state index contributed by atoms with van der Waals surface area (Å²) >= 11 is 6.23. The van der Waals surface area contributed by atoms with Crippen LogP contribution in [0, 0.1) is 0 Å². The molecule has 7 nitrogen and oxygen atoms in total. The normalized spacial score (nSPS) is 10.9. The standard InChI is InChI=1S/C19H16ClN5O2/c1-27-15-9-5-8-14(20)17(15)21-11-13-10-16(26)25-19(22-13)23-18(24-25)12-6-3-2-4-7-12/h2-10,21H,11H2,1H3,(H,22,23,24). The van der Waals surface area contributed by atoms with Crippen LogP contribution in [0.1, 0.15) is 5.69 Å². The van der Waals surface area contributed by atoms with Gasteiger partial charge in [0.15, 0.2) is 5.82 Å². The van der Waals surface area contributed by atoms with Crippen LogP contribution < -0.4 is 15.6 Å². The SMILES string of the molecule is COc1cccc(Cl)c1NCc1cc(=O)n2[nH]c(-c3ccccc3)nc2n1. The number of halogens is 1. The van der Waals surface area contributed by atoms with Gasteiger partial charge in [-0.3, -0.25) is 9.89 Å². The maximum Gasteiger partial charge on any atom is 0.274 e. The highest BCUT2D eigenvalue weighted by Crippen LogP contribution is 2.32. The molecular weight excluding hydrogens is 366 g/mol. The zero-order chi connectivity index (χ0) is 18.8. The molecule has 0 amide bonds. The lowest BCUT2D eigenvalue weighted by Crippen LogP contribution is -2.17. The summed E-state index contributed by atoms with van der Waals surface area (Å²) in [5.41, 5.74) is 1.84. The molecule has 0 spiro atoms. The molecule has 0 unspecified atom stereocenters. The largest absolute Gasteiger partial charge is 0.495 e. The number of benzene rings is 2. The maximum absolute atomic E-state index is 12.4. The summed E-state index contributed by atoms with van der Waals surface area (Å²) in [6.45, 7) is 0.305. The molecule has 2 aromatic heterocycles. The molecule has 0 aliphatic heterocycles. The number of rotatable bonds is 5. The Hall–Kier alpha value is -3.32. The Labute approximate surface area is 159 Å². The van der Waals surface area contributed by atoms with Crippen molar-refractivity contribution >= 4 is 23.1 Å². The number of nitrogens with one attached hydrogen (secondary N) is 2. The van der Waals surface area contributed by atoms with Gasteiger partial charge in [-0.05, 0) is 12.1 Å². The van der Waals surface area contributed by atoms with Gasteiger partial charge in [0, 0.05) is 11.6 Å². The van der Waals surface area contributed by atoms with Crippen LogP contribution in [0.15, 0.2) is 59.4 Å². The van der Waals surface area contributed by atoms with Gasteiger partial charge in [-0.2, -0.15) is 9.50 Å². The second-order valence-electron chi connectivity index (χ2n) is 5.83. The minimum absolute atomic E-state index is 0.238. The quantitative estimate of drug-likeness (QED) is 0.553. The van der Waals surface area contributed by atoms with Crippen molar-refractivity contribution in [2.24, 2.45) is 0 Å². The number of hydrogen-bond acceptors (Lipinski definition) is 5. The van der Waals surface area contributed by atoms with Crippen molar-refractivity contribution in [2.75, 3.05) is 12.4 Å². The summed E-state index contributed by atoms with van der Waals surface area (Å²) in [6, 6.07) is 16.4. The molecule has 0 aliphatic rings. The average molecular weight is 382 g/mol. The van der Waals surface area contributed by atoms with Gasteiger partial charge >= 0.3 is 0 Å². The van der Waals surface area contributed by atoms with Crippen LogP contribution >= 0.6 is 11.6 Å². The van der Waals surface area contributed by atoms with E-state index in [4.69, 9.17) is 16.3 Å². The van der Waals surface area contributed by atoms with Crippen LogP contribution in [-0.2, 0) is 6.54 Å². The van der Waals surface area contributed by atoms with Gasteiger partial charge in [0.25, 0.3) is 11.3 Å². The second kappa shape index (κ2) is 7.13. The van der Waals surface area contributed by atoms with E-state index in [2.05, 4.69) is 20.4 Å². The number of methoxy groups -OCH3 is 1. The van der Waals surface area contributed by atoms with Crippen LogP contribution in [0.4, 0.5) is 5.69 Å². The Morgan fingerprint density at radius 3 is 2.74 bits per heavy atom. The third-order valence-corrected chi connectivity index (χ3v) is 4.39. The minimum Gasteiger partial charge on any atom is -0.495 e. The zero-order valence-corrected chi connectivity index (χ0v) is 15.2. The van der Waals surface area contributed by atoms with Crippen molar-refractivity contribution in [2.45, 2.75) is 6.54 Å². The molecule has 4 rings (SSSR count). The van der Waals surface area contributed by atoms with Crippen LogP contribution in [0.25, 0.3) is 17.2 Å². The smallest absolute Gasteiger partial charge is 0.274 e. The van der Waals surface area contributed by atoms with E-state index >= 15 is 0 Å². The molecule has 0 radical (unpaired) electrons. The monoisotopic (exact) mass is 381 g/mol. The number of nitrogens with zero attached hydrogens (tertiary/aromatic N) is 3. The first kappa shape index (κ1) is 17.1. The van der Waals surface area contributed by atoms with E-state index in [1.54, 1.807) is 25.3 Å². The Morgan fingerprint density at radius 1 is 1.15 bits per heavy atom. The summed E-state index contributed by atoms with van der Waals surface area (Å²) in [6.07, 6.45) is 0. The van der Waals surface area contributed by atoms with E-state index in [1.165, 1.54) is 10.6 Å². The van der Waals surface area contributed by atoms with Crippen LogP contribution in [-0.4, -0.2) is 26.7 Å². The predicted octanol–water partition coefficient (Wildman–Crippen LogP) is 3.36. The van der Waals surface area contributed by atoms with Crippen LogP contribution in [0.2, 0.25) is 5.02 Å². The molecular formula is C19H16ClN5O2. The molecule has 0 aliphatic carbocycles. The van der Waals surface area contributed by atoms with E-state index in [1.807, 2.05) is 30.3 Å². The highest BCUT2D eigenvalue weighted by Gasteiger charge is 2.11. The van der Waals surface area contributed by atoms with Crippen molar-refractivity contribution < 1.29 is 4.74 Å². The second-order valence-corrected chi connectivity index (χ2v) is 6.24. The highest BCUT2D eigenvalue weighted by atomic mass is 35.5. The average Bonchev–Trinajstić information content (AvgIpc) is 3.12. The van der Waals surface area contributed by atoms with Gasteiger partial charge in [-0.1, -0.05) is 48.0 Å². The molecule has 8 heteroatoms. The highest BCUT2D eigenvalue weighted by molar-refractivity contribution is 6.33. The number of hydrogen-bond donors (Lipinski definition) is 2. The van der Waals surface area contributed by atoms with Crippen molar-refractivity contribution in [3.63, 3.8) is 0 Å². The number of fused-ring (bicyclic) bond motifs is 1. The van der Waals surface area contributed by atoms with Crippen LogP contribution in [0.3, 0.4) is 0 Å². The van der Waals surface area contributed by atoms with Gasteiger partial charge in [-0.15, -0.1) is 0 Å². The summed E-state index contributed by atoms with van der Waals surface area (Å²) < 4.78 is 6.63. The number of H-pyrrole nitrogens is 1. The molecule has 0 fully saturated rings. The third-order valence-electron chi connectivity index (χ3n) is 4.07. The van der Waals surface area contributed by atoms with Crippen molar-refractivity contribution in [3.8, 4) is 17.1 Å². The zero-order valence-electron chi connectivity index (χ0n) is 14.4. The molecule has 0 bridgehead atoms. The fourth-order valence-electron chi connectivity index (χ4n) is 2.77. The first-order chi connectivity index (χ1) is 13.2. The van der Waals surface area contributed by atoms with E-state index in [0.29, 0.717) is 40.3 Å². The number of aromatic nitrogens is 4. The van der Waals surface area contributed by atoms with Crippen molar-refractivity contribution in [1.82, 2.24) is 19.6 Å². The van der Waals surface area contributed by atoms with E-state index in [9.17, 15) is 4.79 Å². The lowest BCUT2D eigenvalue weighted by atomic mass is 10.2. The molecule has 0 saturated carbocycles. The fourth-order valence-corrected chi connectivity index (χ4v) is 3.00. The van der Waals surface area contributed by atoms with Gasteiger partial charge in [-0.25, -0.2) is 4.98 Å².